The summed E-state index contributed by atoms with van der Waals surface area (Å²) in [6.45, 7) is 0.763. The number of carbonyl (C=O) groups excluding carboxylic acids is 1. The Morgan fingerprint density at radius 2 is 1.83 bits per heavy atom. The molecule has 0 aliphatic rings. The van der Waals surface area contributed by atoms with E-state index in [1.54, 1.807) is 6.07 Å². The van der Waals surface area contributed by atoms with Gasteiger partial charge in [-0.2, -0.15) is 5.26 Å². The molecule has 2 aromatic heterocycles. The van der Waals surface area contributed by atoms with Crippen LogP contribution in [0.5, 0.6) is 5.75 Å². The van der Waals surface area contributed by atoms with Crippen molar-refractivity contribution in [1.82, 2.24) is 9.55 Å². The highest BCUT2D eigenvalue weighted by atomic mass is 16.3. The minimum atomic E-state index is -0.619. The van der Waals surface area contributed by atoms with Crippen molar-refractivity contribution in [3.63, 3.8) is 0 Å². The van der Waals surface area contributed by atoms with Crippen LogP contribution in [-0.2, 0) is 6.54 Å². The van der Waals surface area contributed by atoms with Crippen molar-refractivity contribution in [2.45, 2.75) is 6.54 Å². The smallest absolute Gasteiger partial charge is 0.248 e. The molecule has 176 valence electrons. The first-order valence-corrected chi connectivity index (χ1v) is 11.1. The number of nitrogens with two attached hydrogens (primary N) is 1. The molecule has 0 fully saturated rings. The summed E-state index contributed by atoms with van der Waals surface area (Å²) >= 11 is 0. The van der Waals surface area contributed by atoms with E-state index in [1.807, 2.05) is 42.7 Å². The number of rotatable bonds is 5. The van der Waals surface area contributed by atoms with Crippen LogP contribution in [-0.4, -0.2) is 26.8 Å². The fourth-order valence-electron chi connectivity index (χ4n) is 3.85. The summed E-state index contributed by atoms with van der Waals surface area (Å²) in [5.41, 5.74) is 10.8. The molecular formula is C29H23N5O2. The number of amides is 1. The first-order chi connectivity index (χ1) is 17.5. The SMILES string of the molecule is N#Cc1cc(C(N)=O)ccc1O.N=Cc1cccc2c1ccn2Cc1cncc(-c2ccccc2)c1. The topological polar surface area (TPSA) is 129 Å². The van der Waals surface area contributed by atoms with Gasteiger partial charge in [0.2, 0.25) is 5.91 Å². The van der Waals surface area contributed by atoms with E-state index in [4.69, 9.17) is 21.5 Å². The fourth-order valence-corrected chi connectivity index (χ4v) is 3.85. The van der Waals surface area contributed by atoms with Crippen LogP contribution in [0.2, 0.25) is 0 Å². The largest absolute Gasteiger partial charge is 0.507 e. The molecule has 2 heterocycles. The number of phenols is 1. The molecule has 1 amide bonds. The summed E-state index contributed by atoms with van der Waals surface area (Å²) in [5, 5.41) is 26.2. The molecular weight excluding hydrogens is 450 g/mol. The van der Waals surface area contributed by atoms with Gasteiger partial charge in [-0.1, -0.05) is 42.5 Å². The van der Waals surface area contributed by atoms with E-state index < -0.39 is 5.91 Å². The monoisotopic (exact) mass is 473 g/mol. The quantitative estimate of drug-likeness (QED) is 0.306. The second kappa shape index (κ2) is 10.8. The average Bonchev–Trinajstić information content (AvgIpc) is 3.32. The van der Waals surface area contributed by atoms with E-state index in [2.05, 4.69) is 46.1 Å². The number of primary amides is 1. The van der Waals surface area contributed by atoms with Crippen molar-refractivity contribution in [2.75, 3.05) is 0 Å². The predicted molar refractivity (Wildman–Crippen MR) is 140 cm³/mol. The van der Waals surface area contributed by atoms with Crippen molar-refractivity contribution < 1.29 is 9.90 Å². The molecule has 0 aliphatic carbocycles. The number of nitrogens with one attached hydrogen (secondary N) is 1. The number of hydrogen-bond donors (Lipinski definition) is 3. The molecule has 0 saturated heterocycles. The molecule has 0 radical (unpaired) electrons. The number of aromatic hydroxyl groups is 1. The van der Waals surface area contributed by atoms with Crippen LogP contribution in [0.15, 0.2) is 97.5 Å². The molecule has 3 aromatic carbocycles. The van der Waals surface area contributed by atoms with E-state index in [-0.39, 0.29) is 16.9 Å². The number of aromatic nitrogens is 2. The van der Waals surface area contributed by atoms with Gasteiger partial charge in [0.1, 0.15) is 11.8 Å². The number of phenolic OH excluding ortho intramolecular Hbond substituents is 1. The Balaban J connectivity index is 0.000000214. The van der Waals surface area contributed by atoms with E-state index in [0.717, 1.165) is 34.1 Å². The van der Waals surface area contributed by atoms with Crippen LogP contribution >= 0.6 is 0 Å². The number of fused-ring (bicyclic) bond motifs is 1. The maximum atomic E-state index is 10.6. The van der Waals surface area contributed by atoms with E-state index >= 15 is 0 Å². The van der Waals surface area contributed by atoms with Crippen molar-refractivity contribution in [3.05, 3.63) is 120 Å². The lowest BCUT2D eigenvalue weighted by Gasteiger charge is -2.08. The van der Waals surface area contributed by atoms with Crippen LogP contribution in [0.3, 0.4) is 0 Å². The first kappa shape index (κ1) is 23.9. The lowest BCUT2D eigenvalue weighted by Crippen LogP contribution is -2.10. The van der Waals surface area contributed by atoms with Crippen molar-refractivity contribution in [2.24, 2.45) is 5.73 Å². The number of nitrogens with zero attached hydrogens (tertiary/aromatic N) is 3. The molecule has 5 aromatic rings. The van der Waals surface area contributed by atoms with Gasteiger partial charge in [0.25, 0.3) is 0 Å². The van der Waals surface area contributed by atoms with Gasteiger partial charge >= 0.3 is 0 Å². The molecule has 0 saturated carbocycles. The predicted octanol–water partition coefficient (Wildman–Crippen LogP) is 5.11. The van der Waals surface area contributed by atoms with Crippen LogP contribution in [0.1, 0.15) is 27.0 Å². The molecule has 7 heteroatoms. The Kier molecular flexibility index (Phi) is 7.18. The zero-order valence-electron chi connectivity index (χ0n) is 19.3. The van der Waals surface area contributed by atoms with Crippen LogP contribution < -0.4 is 5.73 Å². The summed E-state index contributed by atoms with van der Waals surface area (Å²) in [4.78, 5) is 15.0. The minimum Gasteiger partial charge on any atom is -0.507 e. The number of benzene rings is 3. The van der Waals surface area contributed by atoms with Gasteiger partial charge in [-0.05, 0) is 47.5 Å². The molecule has 0 bridgehead atoms. The van der Waals surface area contributed by atoms with Gasteiger partial charge < -0.3 is 20.8 Å². The highest BCUT2D eigenvalue weighted by Gasteiger charge is 2.07. The summed E-state index contributed by atoms with van der Waals surface area (Å²) in [7, 11) is 0. The molecule has 4 N–H and O–H groups in total. The standard InChI is InChI=1S/C21H17N3.C8H6N2O2/c22-12-18-7-4-8-21-20(18)9-10-24(21)15-16-11-19(14-23-13-16)17-5-2-1-3-6-17;9-4-6-3-5(8(10)12)1-2-7(6)11/h1-14,22H,15H2;1-3,11H,(H2,10,12). The zero-order valence-corrected chi connectivity index (χ0v) is 19.3. The number of nitriles is 1. The van der Waals surface area contributed by atoms with Crippen LogP contribution in [0.4, 0.5) is 0 Å². The lowest BCUT2D eigenvalue weighted by molar-refractivity contribution is 0.1000. The molecule has 0 unspecified atom stereocenters. The Labute approximate surface area is 208 Å². The fraction of sp³-hybridized carbons (Fsp3) is 0.0345. The first-order valence-electron chi connectivity index (χ1n) is 11.1. The molecule has 0 aliphatic heterocycles. The van der Waals surface area contributed by atoms with Gasteiger partial charge in [-0.3, -0.25) is 9.78 Å². The molecule has 0 atom stereocenters. The Hall–Kier alpha value is -5.22. The maximum Gasteiger partial charge on any atom is 0.248 e. The van der Waals surface area contributed by atoms with Crippen LogP contribution in [0.25, 0.3) is 22.0 Å². The number of carbonyl (C=O) groups is 1. The van der Waals surface area contributed by atoms with Crippen molar-refractivity contribution >= 4 is 23.0 Å². The third-order valence-corrected chi connectivity index (χ3v) is 5.66. The lowest BCUT2D eigenvalue weighted by atomic mass is 10.1. The Morgan fingerprint density at radius 1 is 1.03 bits per heavy atom. The Bertz CT molecular complexity index is 1580. The number of hydrogen-bond acceptors (Lipinski definition) is 5. The summed E-state index contributed by atoms with van der Waals surface area (Å²) in [6.07, 6.45) is 7.30. The van der Waals surface area contributed by atoms with Gasteiger partial charge in [-0.25, -0.2) is 0 Å². The molecule has 7 nitrogen and oxygen atoms in total. The number of pyridine rings is 1. The molecule has 36 heavy (non-hydrogen) atoms. The van der Waals surface area contributed by atoms with Gasteiger partial charge in [0.15, 0.2) is 0 Å². The van der Waals surface area contributed by atoms with Crippen molar-refractivity contribution in [3.8, 4) is 22.9 Å². The maximum absolute atomic E-state index is 10.6. The minimum absolute atomic E-state index is 0.0475. The summed E-state index contributed by atoms with van der Waals surface area (Å²) in [6, 6.07) is 26.2. The zero-order chi connectivity index (χ0) is 25.5. The van der Waals surface area contributed by atoms with Gasteiger partial charge in [0, 0.05) is 58.9 Å². The normalized spacial score (nSPS) is 10.2. The third kappa shape index (κ3) is 5.29. The summed E-state index contributed by atoms with van der Waals surface area (Å²) < 4.78 is 2.20. The summed E-state index contributed by atoms with van der Waals surface area (Å²) in [5.74, 6) is -0.769. The van der Waals surface area contributed by atoms with E-state index in [0.29, 0.717) is 0 Å². The van der Waals surface area contributed by atoms with E-state index in [9.17, 15) is 4.79 Å². The third-order valence-electron chi connectivity index (χ3n) is 5.66. The van der Waals surface area contributed by atoms with Gasteiger partial charge in [-0.15, -0.1) is 0 Å². The van der Waals surface area contributed by atoms with Crippen LogP contribution in [0, 0.1) is 16.7 Å². The Morgan fingerprint density at radius 3 is 2.56 bits per heavy atom. The molecule has 0 spiro atoms. The average molecular weight is 474 g/mol. The molecule has 5 rings (SSSR count). The second-order valence-corrected chi connectivity index (χ2v) is 8.02. The van der Waals surface area contributed by atoms with Gasteiger partial charge in [0.05, 0.1) is 5.56 Å². The highest BCUT2D eigenvalue weighted by Crippen LogP contribution is 2.23. The highest BCUT2D eigenvalue weighted by molar-refractivity contribution is 5.98. The second-order valence-electron chi connectivity index (χ2n) is 8.02. The van der Waals surface area contributed by atoms with E-state index in [1.165, 1.54) is 30.0 Å². The van der Waals surface area contributed by atoms with Crippen molar-refractivity contribution in [1.29, 1.82) is 10.7 Å².